The number of halogens is 1. The normalized spacial score (nSPS) is 15.7. The molecule has 240 valence electrons. The second-order valence-corrected chi connectivity index (χ2v) is 12.0. The molecule has 2 aromatic carbocycles. The zero-order valence-electron chi connectivity index (χ0n) is 26.3. The SMILES string of the molecule is CC(C)N1CCN(c2cc(N3CCN(C)CC3)cn3c(=O)c(OCc4ccccc4)c(C(=O)NCc4ccc(F)cc4)nc23)C1=O. The van der Waals surface area contributed by atoms with Crippen molar-refractivity contribution in [2.24, 2.45) is 0 Å². The van der Waals surface area contributed by atoms with Gasteiger partial charge in [0.15, 0.2) is 11.3 Å². The number of aromatic nitrogens is 2. The van der Waals surface area contributed by atoms with Gasteiger partial charge in [-0.25, -0.2) is 14.2 Å². The standard InChI is InChI=1S/C34H38FN7O4/c1-23(2)40-17-18-41(34(40)45)28-19-27(39-15-13-38(3)14-16-39)21-42-31(28)37-29(32(43)36-20-24-9-11-26(35)12-10-24)30(33(42)44)46-22-25-7-5-4-6-8-25/h4-12,19,21,23H,13-18,20,22H2,1-3H3,(H,36,43). The number of urea groups is 1. The van der Waals surface area contributed by atoms with Crippen LogP contribution >= 0.6 is 0 Å². The van der Waals surface area contributed by atoms with Crippen LogP contribution in [-0.2, 0) is 13.2 Å². The van der Waals surface area contributed by atoms with Crippen LogP contribution in [0, 0.1) is 5.82 Å². The summed E-state index contributed by atoms with van der Waals surface area (Å²) in [7, 11) is 2.07. The Morgan fingerprint density at radius 2 is 1.67 bits per heavy atom. The largest absolute Gasteiger partial charge is 0.481 e. The number of rotatable bonds is 9. The van der Waals surface area contributed by atoms with Crippen LogP contribution in [0.5, 0.6) is 5.75 Å². The summed E-state index contributed by atoms with van der Waals surface area (Å²) in [6, 6.07) is 16.8. The van der Waals surface area contributed by atoms with E-state index in [9.17, 15) is 18.8 Å². The molecule has 3 amide bonds. The van der Waals surface area contributed by atoms with Gasteiger partial charge in [0, 0.05) is 58.1 Å². The van der Waals surface area contributed by atoms with Crippen molar-refractivity contribution in [3.8, 4) is 5.75 Å². The number of ether oxygens (including phenoxy) is 1. The second kappa shape index (κ2) is 13.2. The molecule has 2 saturated heterocycles. The number of nitrogens with zero attached hydrogens (tertiary/aromatic N) is 6. The van der Waals surface area contributed by atoms with Gasteiger partial charge in [-0.3, -0.25) is 18.9 Å². The number of piperazine rings is 1. The molecule has 1 N–H and O–H groups in total. The van der Waals surface area contributed by atoms with Gasteiger partial charge in [-0.2, -0.15) is 0 Å². The van der Waals surface area contributed by atoms with E-state index in [1.807, 2.05) is 50.2 Å². The van der Waals surface area contributed by atoms with Crippen LogP contribution in [0.1, 0.15) is 35.5 Å². The van der Waals surface area contributed by atoms with Crippen LogP contribution in [0.15, 0.2) is 71.7 Å². The fraction of sp³-hybridized carbons (Fsp3) is 0.353. The number of carbonyl (C=O) groups is 2. The zero-order valence-corrected chi connectivity index (χ0v) is 26.3. The van der Waals surface area contributed by atoms with Crippen molar-refractivity contribution >= 4 is 29.0 Å². The summed E-state index contributed by atoms with van der Waals surface area (Å²) in [6.07, 6.45) is 1.72. The average molecular weight is 628 g/mol. The number of carbonyl (C=O) groups excluding carboxylic acids is 2. The van der Waals surface area contributed by atoms with Crippen molar-refractivity contribution in [1.29, 1.82) is 0 Å². The number of anilines is 2. The lowest BCUT2D eigenvalue weighted by Crippen LogP contribution is -2.44. The van der Waals surface area contributed by atoms with Gasteiger partial charge in [0.2, 0.25) is 5.75 Å². The molecule has 0 unspecified atom stereocenters. The van der Waals surface area contributed by atoms with E-state index in [0.717, 1.165) is 37.4 Å². The Kier molecular flexibility index (Phi) is 8.89. The first kappa shape index (κ1) is 31.0. The second-order valence-electron chi connectivity index (χ2n) is 12.0. The van der Waals surface area contributed by atoms with Crippen molar-refractivity contribution in [1.82, 2.24) is 24.5 Å². The van der Waals surface area contributed by atoms with E-state index in [1.165, 1.54) is 16.5 Å². The number of hydrogen-bond donors (Lipinski definition) is 1. The van der Waals surface area contributed by atoms with E-state index in [1.54, 1.807) is 28.1 Å². The molecule has 0 atom stereocenters. The van der Waals surface area contributed by atoms with E-state index < -0.39 is 11.5 Å². The third-order valence-corrected chi connectivity index (χ3v) is 8.48. The predicted molar refractivity (Wildman–Crippen MR) is 174 cm³/mol. The van der Waals surface area contributed by atoms with Gasteiger partial charge in [-0.15, -0.1) is 0 Å². The zero-order chi connectivity index (χ0) is 32.4. The van der Waals surface area contributed by atoms with Gasteiger partial charge in [-0.1, -0.05) is 42.5 Å². The third-order valence-electron chi connectivity index (χ3n) is 8.48. The molecule has 0 radical (unpaired) electrons. The Labute approximate surface area is 266 Å². The van der Waals surface area contributed by atoms with Crippen LogP contribution in [-0.4, -0.2) is 83.5 Å². The molecule has 0 saturated carbocycles. The molecule has 0 bridgehead atoms. The first-order valence-electron chi connectivity index (χ1n) is 15.5. The molecule has 2 aliphatic rings. The maximum Gasteiger partial charge on any atom is 0.324 e. The number of hydrogen-bond acceptors (Lipinski definition) is 7. The molecule has 2 aromatic heterocycles. The number of nitrogens with one attached hydrogen (secondary N) is 1. The average Bonchev–Trinajstić information content (AvgIpc) is 3.45. The Morgan fingerprint density at radius 3 is 2.35 bits per heavy atom. The summed E-state index contributed by atoms with van der Waals surface area (Å²) in [6.45, 7) is 8.18. The summed E-state index contributed by atoms with van der Waals surface area (Å²) in [5.41, 5.74) is 2.14. The van der Waals surface area contributed by atoms with Crippen LogP contribution in [0.25, 0.3) is 5.65 Å². The highest BCUT2D eigenvalue weighted by molar-refractivity contribution is 6.00. The van der Waals surface area contributed by atoms with Crippen molar-refractivity contribution in [2.75, 3.05) is 56.1 Å². The van der Waals surface area contributed by atoms with Gasteiger partial charge in [0.25, 0.3) is 5.91 Å². The van der Waals surface area contributed by atoms with E-state index in [0.29, 0.717) is 24.3 Å². The maximum absolute atomic E-state index is 14.3. The van der Waals surface area contributed by atoms with Crippen molar-refractivity contribution in [3.05, 3.63) is 99.9 Å². The predicted octanol–water partition coefficient (Wildman–Crippen LogP) is 3.74. The van der Waals surface area contributed by atoms with Crippen LogP contribution in [0.2, 0.25) is 0 Å². The summed E-state index contributed by atoms with van der Waals surface area (Å²) in [5.74, 6) is -1.21. The molecule has 0 spiro atoms. The monoisotopic (exact) mass is 627 g/mol. The smallest absolute Gasteiger partial charge is 0.324 e. The topological polar surface area (TPSA) is 103 Å². The number of amides is 3. The summed E-state index contributed by atoms with van der Waals surface area (Å²) in [4.78, 5) is 54.2. The highest BCUT2D eigenvalue weighted by Gasteiger charge is 2.34. The van der Waals surface area contributed by atoms with Gasteiger partial charge >= 0.3 is 11.6 Å². The quantitative estimate of drug-likeness (QED) is 0.302. The fourth-order valence-electron chi connectivity index (χ4n) is 5.77. The van der Waals surface area contributed by atoms with Crippen LogP contribution < -0.4 is 25.4 Å². The highest BCUT2D eigenvalue weighted by atomic mass is 19.1. The molecule has 12 heteroatoms. The number of likely N-dealkylation sites (N-methyl/N-ethyl adjacent to an activating group) is 1. The Balaban J connectivity index is 1.47. The molecule has 6 rings (SSSR count). The number of fused-ring (bicyclic) bond motifs is 1. The molecule has 4 aromatic rings. The minimum Gasteiger partial charge on any atom is -0.481 e. The van der Waals surface area contributed by atoms with E-state index >= 15 is 0 Å². The lowest BCUT2D eigenvalue weighted by atomic mass is 10.2. The number of benzene rings is 2. The molecule has 0 aliphatic carbocycles. The Bertz CT molecular complexity index is 1790. The summed E-state index contributed by atoms with van der Waals surface area (Å²) < 4.78 is 20.9. The minimum absolute atomic E-state index is 0.00829. The van der Waals surface area contributed by atoms with Crippen LogP contribution in [0.4, 0.5) is 20.6 Å². The fourth-order valence-corrected chi connectivity index (χ4v) is 5.77. The molecular weight excluding hydrogens is 589 g/mol. The molecular formula is C34H38FN7O4. The summed E-state index contributed by atoms with van der Waals surface area (Å²) in [5, 5.41) is 2.80. The summed E-state index contributed by atoms with van der Waals surface area (Å²) >= 11 is 0. The lowest BCUT2D eigenvalue weighted by molar-refractivity contribution is 0.0940. The minimum atomic E-state index is -0.627. The molecule has 4 heterocycles. The third kappa shape index (κ3) is 6.38. The van der Waals surface area contributed by atoms with E-state index in [2.05, 4.69) is 22.2 Å². The first-order chi connectivity index (χ1) is 22.2. The lowest BCUT2D eigenvalue weighted by Gasteiger charge is -2.34. The van der Waals surface area contributed by atoms with Gasteiger partial charge in [-0.05, 0) is 50.2 Å². The molecule has 2 aliphatic heterocycles. The maximum atomic E-state index is 14.3. The molecule has 46 heavy (non-hydrogen) atoms. The Hall–Kier alpha value is -4.97. The van der Waals surface area contributed by atoms with E-state index in [4.69, 9.17) is 9.72 Å². The van der Waals surface area contributed by atoms with Gasteiger partial charge in [0.1, 0.15) is 12.4 Å². The van der Waals surface area contributed by atoms with Gasteiger partial charge in [0.05, 0.1) is 11.4 Å². The highest BCUT2D eigenvalue weighted by Crippen LogP contribution is 2.31. The van der Waals surface area contributed by atoms with Gasteiger partial charge < -0.3 is 24.8 Å². The van der Waals surface area contributed by atoms with Crippen molar-refractivity contribution < 1.29 is 18.7 Å². The van der Waals surface area contributed by atoms with Crippen molar-refractivity contribution in [3.63, 3.8) is 0 Å². The molecule has 11 nitrogen and oxygen atoms in total. The molecule has 2 fully saturated rings. The first-order valence-corrected chi connectivity index (χ1v) is 15.5. The van der Waals surface area contributed by atoms with Crippen LogP contribution in [0.3, 0.4) is 0 Å². The van der Waals surface area contributed by atoms with E-state index in [-0.39, 0.29) is 48.1 Å². The number of pyridine rings is 1. The van der Waals surface area contributed by atoms with Crippen molar-refractivity contribution in [2.45, 2.75) is 33.0 Å². The Morgan fingerprint density at radius 1 is 0.957 bits per heavy atom.